The zero-order valence-electron chi connectivity index (χ0n) is 16.7. The van der Waals surface area contributed by atoms with Crippen LogP contribution in [0.1, 0.15) is 43.6 Å². The van der Waals surface area contributed by atoms with E-state index in [0.29, 0.717) is 44.2 Å². The molecule has 0 atom stereocenters. The van der Waals surface area contributed by atoms with Crippen molar-refractivity contribution in [3.63, 3.8) is 0 Å². The molecule has 1 aromatic carbocycles. The number of nitrogens with one attached hydrogen (secondary N) is 1. The van der Waals surface area contributed by atoms with Gasteiger partial charge < -0.3 is 15.0 Å². The average Bonchev–Trinajstić information content (AvgIpc) is 2.71. The molecule has 0 radical (unpaired) electrons. The molecule has 1 aromatic heterocycles. The van der Waals surface area contributed by atoms with Crippen molar-refractivity contribution in [2.45, 2.75) is 39.2 Å². The summed E-state index contributed by atoms with van der Waals surface area (Å²) in [6.45, 7) is 6.11. The highest BCUT2D eigenvalue weighted by Crippen LogP contribution is 2.24. The molecule has 156 valence electrons. The Morgan fingerprint density at radius 3 is 2.62 bits per heavy atom. The van der Waals surface area contributed by atoms with Gasteiger partial charge in [0, 0.05) is 38.5 Å². The number of ether oxygens (including phenoxy) is 1. The Labute approximate surface area is 169 Å². The number of halogens is 2. The molecule has 1 amide bonds. The van der Waals surface area contributed by atoms with Crippen LogP contribution in [-0.2, 0) is 0 Å². The number of piperidine rings is 1. The second-order valence-electron chi connectivity index (χ2n) is 7.59. The first kappa shape index (κ1) is 21.0. The zero-order chi connectivity index (χ0) is 20.8. The fraction of sp³-hybridized carbons (Fsp3) is 0.476. The van der Waals surface area contributed by atoms with E-state index in [-0.39, 0.29) is 23.5 Å². The maximum atomic E-state index is 13.7. The Morgan fingerprint density at radius 1 is 1.21 bits per heavy atom. The van der Waals surface area contributed by atoms with Crippen molar-refractivity contribution < 1.29 is 18.3 Å². The van der Waals surface area contributed by atoms with E-state index >= 15 is 0 Å². The van der Waals surface area contributed by atoms with Gasteiger partial charge in [0.25, 0.3) is 5.91 Å². The van der Waals surface area contributed by atoms with Gasteiger partial charge in [0.2, 0.25) is 0 Å². The molecule has 3 rings (SSSR count). The van der Waals surface area contributed by atoms with Gasteiger partial charge in [-0.2, -0.15) is 0 Å². The van der Waals surface area contributed by atoms with Gasteiger partial charge in [0.05, 0.1) is 0 Å². The van der Waals surface area contributed by atoms with Crippen molar-refractivity contribution in [3.05, 3.63) is 47.7 Å². The summed E-state index contributed by atoms with van der Waals surface area (Å²) in [6, 6.07) is 6.64. The number of benzene rings is 1. The summed E-state index contributed by atoms with van der Waals surface area (Å²) in [5.74, 6) is -0.179. The van der Waals surface area contributed by atoms with E-state index in [1.165, 1.54) is 0 Å². The largest absolute Gasteiger partial charge is 0.487 e. The SMILES string of the molecule is CC(C)CCNC(=O)c1ccc(N2CCC(Oc3cc(F)ccc3F)CC2)nn1. The highest BCUT2D eigenvalue weighted by atomic mass is 19.1. The Kier molecular flexibility index (Phi) is 6.95. The molecule has 1 fully saturated rings. The number of carbonyl (C=O) groups is 1. The van der Waals surface area contributed by atoms with Crippen LogP contribution in [0, 0.1) is 17.6 Å². The van der Waals surface area contributed by atoms with Gasteiger partial charge in [0.1, 0.15) is 11.9 Å². The first-order valence-electron chi connectivity index (χ1n) is 9.91. The van der Waals surface area contributed by atoms with Crippen molar-refractivity contribution in [1.82, 2.24) is 15.5 Å². The minimum Gasteiger partial charge on any atom is -0.487 e. The summed E-state index contributed by atoms with van der Waals surface area (Å²) in [5, 5.41) is 11.0. The normalized spacial score (nSPS) is 14.9. The second kappa shape index (κ2) is 9.62. The van der Waals surface area contributed by atoms with Gasteiger partial charge in [-0.3, -0.25) is 4.79 Å². The van der Waals surface area contributed by atoms with E-state index in [9.17, 15) is 13.6 Å². The minimum absolute atomic E-state index is 0.0592. The van der Waals surface area contributed by atoms with Crippen LogP contribution in [0.15, 0.2) is 30.3 Å². The monoisotopic (exact) mass is 404 g/mol. The third kappa shape index (κ3) is 5.85. The van der Waals surface area contributed by atoms with E-state index in [2.05, 4.69) is 29.4 Å². The van der Waals surface area contributed by atoms with E-state index in [0.717, 1.165) is 24.6 Å². The quantitative estimate of drug-likeness (QED) is 0.764. The summed E-state index contributed by atoms with van der Waals surface area (Å²) in [6.07, 6.45) is 2.01. The molecular formula is C21H26F2N4O2. The third-order valence-electron chi connectivity index (χ3n) is 4.84. The van der Waals surface area contributed by atoms with Crippen LogP contribution in [-0.4, -0.2) is 41.8 Å². The molecule has 0 bridgehead atoms. The van der Waals surface area contributed by atoms with Gasteiger partial charge in [-0.15, -0.1) is 10.2 Å². The molecule has 0 spiro atoms. The van der Waals surface area contributed by atoms with Crippen LogP contribution < -0.4 is 15.0 Å². The third-order valence-corrected chi connectivity index (χ3v) is 4.84. The summed E-state index contributed by atoms with van der Waals surface area (Å²) in [4.78, 5) is 14.1. The molecule has 6 nitrogen and oxygen atoms in total. The lowest BCUT2D eigenvalue weighted by molar-refractivity contribution is 0.0946. The van der Waals surface area contributed by atoms with E-state index in [1.807, 2.05) is 4.90 Å². The molecule has 0 saturated carbocycles. The molecule has 29 heavy (non-hydrogen) atoms. The van der Waals surface area contributed by atoms with Crippen molar-refractivity contribution in [2.75, 3.05) is 24.5 Å². The van der Waals surface area contributed by atoms with Crippen LogP contribution in [0.2, 0.25) is 0 Å². The van der Waals surface area contributed by atoms with Crippen LogP contribution in [0.25, 0.3) is 0 Å². The minimum atomic E-state index is -0.568. The van der Waals surface area contributed by atoms with E-state index in [1.54, 1.807) is 12.1 Å². The molecule has 2 heterocycles. The maximum Gasteiger partial charge on any atom is 0.271 e. The highest BCUT2D eigenvalue weighted by molar-refractivity contribution is 5.92. The van der Waals surface area contributed by atoms with Gasteiger partial charge in [-0.05, 0) is 36.6 Å². The van der Waals surface area contributed by atoms with Crippen molar-refractivity contribution in [1.29, 1.82) is 0 Å². The Bertz CT molecular complexity index is 822. The van der Waals surface area contributed by atoms with Crippen LogP contribution in [0.4, 0.5) is 14.6 Å². The lowest BCUT2D eigenvalue weighted by Gasteiger charge is -2.32. The average molecular weight is 404 g/mol. The van der Waals surface area contributed by atoms with Crippen molar-refractivity contribution in [2.24, 2.45) is 5.92 Å². The lowest BCUT2D eigenvalue weighted by atomic mass is 10.1. The van der Waals surface area contributed by atoms with Crippen LogP contribution in [0.3, 0.4) is 0 Å². The molecule has 1 aliphatic rings. The molecule has 0 unspecified atom stereocenters. The van der Waals surface area contributed by atoms with E-state index in [4.69, 9.17) is 4.74 Å². The Hall–Kier alpha value is -2.77. The molecule has 1 N–H and O–H groups in total. The second-order valence-corrected chi connectivity index (χ2v) is 7.59. The number of hydrogen-bond donors (Lipinski definition) is 1. The topological polar surface area (TPSA) is 67.4 Å². The number of carbonyl (C=O) groups excluding carboxylic acids is 1. The number of aromatic nitrogens is 2. The maximum absolute atomic E-state index is 13.7. The van der Waals surface area contributed by atoms with Crippen LogP contribution >= 0.6 is 0 Å². The van der Waals surface area contributed by atoms with Gasteiger partial charge >= 0.3 is 0 Å². The highest BCUT2D eigenvalue weighted by Gasteiger charge is 2.23. The molecule has 2 aromatic rings. The fourth-order valence-electron chi connectivity index (χ4n) is 3.13. The summed E-state index contributed by atoms with van der Waals surface area (Å²) >= 11 is 0. The van der Waals surface area contributed by atoms with Crippen molar-refractivity contribution >= 4 is 11.7 Å². The predicted molar refractivity (Wildman–Crippen MR) is 106 cm³/mol. The van der Waals surface area contributed by atoms with Gasteiger partial charge in [0.15, 0.2) is 23.1 Å². The van der Waals surface area contributed by atoms with Crippen LogP contribution in [0.5, 0.6) is 5.75 Å². The molecule has 1 aliphatic heterocycles. The number of amides is 1. The number of rotatable bonds is 7. The number of anilines is 1. The molecule has 1 saturated heterocycles. The first-order valence-corrected chi connectivity index (χ1v) is 9.91. The summed E-state index contributed by atoms with van der Waals surface area (Å²) < 4.78 is 32.6. The fourth-order valence-corrected chi connectivity index (χ4v) is 3.13. The first-order chi connectivity index (χ1) is 13.9. The summed E-state index contributed by atoms with van der Waals surface area (Å²) in [7, 11) is 0. The number of hydrogen-bond acceptors (Lipinski definition) is 5. The van der Waals surface area contributed by atoms with Gasteiger partial charge in [-0.25, -0.2) is 8.78 Å². The smallest absolute Gasteiger partial charge is 0.271 e. The Morgan fingerprint density at radius 2 is 1.97 bits per heavy atom. The predicted octanol–water partition coefficient (Wildman–Crippen LogP) is 3.58. The Balaban J connectivity index is 1.50. The standard InChI is InChI=1S/C21H26F2N4O2/c1-14(2)7-10-24-21(28)18-5-6-20(26-25-18)27-11-8-16(9-12-27)29-19-13-15(22)3-4-17(19)23/h3-6,13-14,16H,7-12H2,1-2H3,(H,24,28). The van der Waals surface area contributed by atoms with Crippen molar-refractivity contribution in [3.8, 4) is 5.75 Å². The molecule has 0 aliphatic carbocycles. The molecule has 8 heteroatoms. The lowest BCUT2D eigenvalue weighted by Crippen LogP contribution is -2.39. The van der Waals surface area contributed by atoms with Gasteiger partial charge in [-0.1, -0.05) is 13.8 Å². The van der Waals surface area contributed by atoms with E-state index < -0.39 is 11.6 Å². The number of nitrogens with zero attached hydrogens (tertiary/aromatic N) is 3. The summed E-state index contributed by atoms with van der Waals surface area (Å²) in [5.41, 5.74) is 0.289. The molecular weight excluding hydrogens is 378 g/mol. The zero-order valence-corrected chi connectivity index (χ0v) is 16.7.